The molecule has 0 fully saturated rings. The van der Waals surface area contributed by atoms with Crippen LogP contribution in [0.15, 0.2) is 18.2 Å². The Bertz CT molecular complexity index is 328. The van der Waals surface area contributed by atoms with Crippen LogP contribution in [0.4, 0.5) is 0 Å². The zero-order valence-corrected chi connectivity index (χ0v) is 9.30. The first kappa shape index (κ1) is 9.72. The van der Waals surface area contributed by atoms with Gasteiger partial charge in [0.1, 0.15) is 0 Å². The normalized spacial score (nSPS) is 21.0. The second-order valence-electron chi connectivity index (χ2n) is 4.67. The maximum Gasteiger partial charge on any atom is 0.0210 e. The minimum atomic E-state index is 0.630. The van der Waals surface area contributed by atoms with Gasteiger partial charge in [0.05, 0.1) is 0 Å². The van der Waals surface area contributed by atoms with Crippen LogP contribution in [-0.4, -0.2) is 6.04 Å². The minimum absolute atomic E-state index is 0.630. The van der Waals surface area contributed by atoms with E-state index in [4.69, 9.17) is 0 Å². The van der Waals surface area contributed by atoms with E-state index in [1.807, 2.05) is 0 Å². The largest absolute Gasteiger partial charge is 0.310 e. The molecule has 1 nitrogen and oxygen atoms in total. The van der Waals surface area contributed by atoms with Gasteiger partial charge in [-0.25, -0.2) is 0 Å². The Hall–Kier alpha value is -0.820. The van der Waals surface area contributed by atoms with Crippen molar-refractivity contribution < 1.29 is 0 Å². The molecule has 1 heteroatoms. The van der Waals surface area contributed by atoms with Crippen LogP contribution >= 0.6 is 0 Å². The van der Waals surface area contributed by atoms with E-state index in [-0.39, 0.29) is 0 Å². The highest BCUT2D eigenvalue weighted by atomic mass is 14.9. The van der Waals surface area contributed by atoms with Crippen molar-refractivity contribution in [1.82, 2.24) is 5.32 Å². The van der Waals surface area contributed by atoms with Crippen LogP contribution in [-0.2, 0) is 13.0 Å². The molecule has 1 atom stereocenters. The zero-order chi connectivity index (χ0) is 10.1. The molecule has 76 valence electrons. The van der Waals surface area contributed by atoms with E-state index in [0.717, 1.165) is 6.54 Å². The molecular weight excluding hydrogens is 170 g/mol. The SMILES string of the molecule is CC(C)c1ccc2c(c1)C[C@H](C)NC2. The highest BCUT2D eigenvalue weighted by molar-refractivity contribution is 5.35. The van der Waals surface area contributed by atoms with E-state index in [0.29, 0.717) is 12.0 Å². The number of nitrogens with one attached hydrogen (secondary N) is 1. The average molecular weight is 189 g/mol. The lowest BCUT2D eigenvalue weighted by molar-refractivity contribution is 0.513. The van der Waals surface area contributed by atoms with Gasteiger partial charge in [-0.15, -0.1) is 0 Å². The molecule has 0 radical (unpaired) electrons. The van der Waals surface area contributed by atoms with Crippen molar-refractivity contribution in [3.8, 4) is 0 Å². The van der Waals surface area contributed by atoms with Crippen molar-refractivity contribution in [3.05, 3.63) is 34.9 Å². The predicted octanol–water partition coefficient (Wildman–Crippen LogP) is 2.84. The van der Waals surface area contributed by atoms with E-state index in [1.165, 1.54) is 17.5 Å². The van der Waals surface area contributed by atoms with Gasteiger partial charge < -0.3 is 5.32 Å². The van der Waals surface area contributed by atoms with Gasteiger partial charge in [-0.2, -0.15) is 0 Å². The lowest BCUT2D eigenvalue weighted by atomic mass is 9.92. The fourth-order valence-electron chi connectivity index (χ4n) is 2.05. The van der Waals surface area contributed by atoms with Crippen LogP contribution < -0.4 is 5.32 Å². The fraction of sp³-hybridized carbons (Fsp3) is 0.538. The van der Waals surface area contributed by atoms with E-state index in [2.05, 4.69) is 44.3 Å². The van der Waals surface area contributed by atoms with Gasteiger partial charge in [0.25, 0.3) is 0 Å². The molecule has 1 aliphatic rings. The summed E-state index contributed by atoms with van der Waals surface area (Å²) in [6, 6.07) is 7.56. The van der Waals surface area contributed by atoms with Crippen LogP contribution in [0.1, 0.15) is 43.4 Å². The maximum absolute atomic E-state index is 3.49. The molecule has 0 spiro atoms. The molecule has 0 saturated heterocycles. The van der Waals surface area contributed by atoms with Crippen molar-refractivity contribution in [2.75, 3.05) is 0 Å². The Balaban J connectivity index is 2.33. The summed E-state index contributed by atoms with van der Waals surface area (Å²) in [5, 5.41) is 3.49. The quantitative estimate of drug-likeness (QED) is 0.716. The first-order chi connectivity index (χ1) is 6.66. The molecule has 1 heterocycles. The summed E-state index contributed by atoms with van der Waals surface area (Å²) in [5.41, 5.74) is 4.49. The molecular formula is C13H19N. The fourth-order valence-corrected chi connectivity index (χ4v) is 2.05. The Labute approximate surface area is 86.5 Å². The highest BCUT2D eigenvalue weighted by Gasteiger charge is 2.14. The molecule has 0 saturated carbocycles. The Kier molecular flexibility index (Phi) is 2.60. The monoisotopic (exact) mass is 189 g/mol. The average Bonchev–Trinajstić information content (AvgIpc) is 2.16. The first-order valence-corrected chi connectivity index (χ1v) is 5.52. The molecule has 0 amide bonds. The standard InChI is InChI=1S/C13H19N/c1-9(2)11-4-5-12-8-14-10(3)6-13(12)7-11/h4-5,7,9-10,14H,6,8H2,1-3H3/t10-/m0/s1. The molecule has 0 aliphatic carbocycles. The number of benzene rings is 1. The molecule has 1 aliphatic heterocycles. The first-order valence-electron chi connectivity index (χ1n) is 5.52. The van der Waals surface area contributed by atoms with Gasteiger partial charge in [-0.3, -0.25) is 0 Å². The minimum Gasteiger partial charge on any atom is -0.310 e. The van der Waals surface area contributed by atoms with Gasteiger partial charge >= 0.3 is 0 Å². The van der Waals surface area contributed by atoms with Crippen molar-refractivity contribution in [3.63, 3.8) is 0 Å². The van der Waals surface area contributed by atoms with Crippen LogP contribution in [0.5, 0.6) is 0 Å². The Morgan fingerprint density at radius 1 is 1.29 bits per heavy atom. The summed E-state index contributed by atoms with van der Waals surface area (Å²) in [6.07, 6.45) is 1.18. The predicted molar refractivity (Wildman–Crippen MR) is 60.5 cm³/mol. The molecule has 14 heavy (non-hydrogen) atoms. The van der Waals surface area contributed by atoms with E-state index >= 15 is 0 Å². The van der Waals surface area contributed by atoms with Crippen molar-refractivity contribution >= 4 is 0 Å². The molecule has 1 N–H and O–H groups in total. The molecule has 0 unspecified atom stereocenters. The van der Waals surface area contributed by atoms with Gasteiger partial charge in [0.15, 0.2) is 0 Å². The molecule has 0 bridgehead atoms. The van der Waals surface area contributed by atoms with Gasteiger partial charge in [0.2, 0.25) is 0 Å². The number of hydrogen-bond donors (Lipinski definition) is 1. The smallest absolute Gasteiger partial charge is 0.0210 e. The summed E-state index contributed by atoms with van der Waals surface area (Å²) >= 11 is 0. The Morgan fingerprint density at radius 2 is 2.07 bits per heavy atom. The van der Waals surface area contributed by atoms with Crippen molar-refractivity contribution in [2.24, 2.45) is 0 Å². The lowest BCUT2D eigenvalue weighted by Crippen LogP contribution is -2.32. The molecule has 0 aromatic heterocycles. The second kappa shape index (κ2) is 3.74. The summed E-state index contributed by atoms with van der Waals surface area (Å²) < 4.78 is 0. The third-order valence-corrected chi connectivity index (χ3v) is 3.06. The van der Waals surface area contributed by atoms with E-state index in [9.17, 15) is 0 Å². The van der Waals surface area contributed by atoms with Crippen LogP contribution in [0.25, 0.3) is 0 Å². The number of rotatable bonds is 1. The summed E-state index contributed by atoms with van der Waals surface area (Å²) in [4.78, 5) is 0. The lowest BCUT2D eigenvalue weighted by Gasteiger charge is -2.24. The summed E-state index contributed by atoms with van der Waals surface area (Å²) in [7, 11) is 0. The number of hydrogen-bond acceptors (Lipinski definition) is 1. The van der Waals surface area contributed by atoms with Crippen molar-refractivity contribution in [1.29, 1.82) is 0 Å². The van der Waals surface area contributed by atoms with Crippen molar-refractivity contribution in [2.45, 2.75) is 45.7 Å². The zero-order valence-electron chi connectivity index (χ0n) is 9.30. The van der Waals surface area contributed by atoms with E-state index in [1.54, 1.807) is 5.56 Å². The highest BCUT2D eigenvalue weighted by Crippen LogP contribution is 2.22. The van der Waals surface area contributed by atoms with Gasteiger partial charge in [-0.1, -0.05) is 32.0 Å². The topological polar surface area (TPSA) is 12.0 Å². The van der Waals surface area contributed by atoms with Crippen LogP contribution in [0.3, 0.4) is 0 Å². The third kappa shape index (κ3) is 1.83. The molecule has 1 aromatic rings. The molecule has 1 aromatic carbocycles. The van der Waals surface area contributed by atoms with Crippen LogP contribution in [0.2, 0.25) is 0 Å². The Morgan fingerprint density at radius 3 is 2.79 bits per heavy atom. The maximum atomic E-state index is 3.49. The van der Waals surface area contributed by atoms with Crippen LogP contribution in [0, 0.1) is 0 Å². The third-order valence-electron chi connectivity index (χ3n) is 3.06. The van der Waals surface area contributed by atoms with Gasteiger partial charge in [-0.05, 0) is 36.0 Å². The molecule has 2 rings (SSSR count). The second-order valence-corrected chi connectivity index (χ2v) is 4.67. The summed E-state index contributed by atoms with van der Waals surface area (Å²) in [5.74, 6) is 0.644. The number of fused-ring (bicyclic) bond motifs is 1. The van der Waals surface area contributed by atoms with E-state index < -0.39 is 0 Å². The van der Waals surface area contributed by atoms with Gasteiger partial charge in [0, 0.05) is 12.6 Å². The summed E-state index contributed by atoms with van der Waals surface area (Å²) in [6.45, 7) is 7.80.